The first kappa shape index (κ1) is 8.17. The molecular formula is C6H12N2O. The lowest BCUT2D eigenvalue weighted by Crippen LogP contribution is -2.08. The maximum atomic E-state index is 8.59. The summed E-state index contributed by atoms with van der Waals surface area (Å²) < 4.78 is 0. The summed E-state index contributed by atoms with van der Waals surface area (Å²) in [4.78, 5) is 0. The smallest absolute Gasteiger partial charge is 0.0716 e. The first-order chi connectivity index (χ1) is 4.09. The van der Waals surface area contributed by atoms with Gasteiger partial charge in [0.2, 0.25) is 0 Å². The molecule has 0 aliphatic heterocycles. The molecule has 0 saturated heterocycles. The standard InChI is InChI=1S/C6H12N2O/c1-4(7)6(3-9)5(2)8/h7,9H,3,8H2,1-2H3/b6-5-,7-4?. The van der Waals surface area contributed by atoms with Crippen molar-refractivity contribution in [3.8, 4) is 0 Å². The Hall–Kier alpha value is -0.830. The second-order valence-corrected chi connectivity index (χ2v) is 1.94. The fourth-order valence-electron chi connectivity index (χ4n) is 0.539. The summed E-state index contributed by atoms with van der Waals surface area (Å²) in [6, 6.07) is 0. The van der Waals surface area contributed by atoms with Gasteiger partial charge in [-0.25, -0.2) is 0 Å². The normalized spacial score (nSPS) is 12.8. The Morgan fingerprint density at radius 2 is 2.00 bits per heavy atom. The lowest BCUT2D eigenvalue weighted by atomic mass is 10.1. The van der Waals surface area contributed by atoms with Gasteiger partial charge in [-0.2, -0.15) is 0 Å². The third-order valence-corrected chi connectivity index (χ3v) is 1.09. The average molecular weight is 128 g/mol. The van der Waals surface area contributed by atoms with Gasteiger partial charge in [-0.1, -0.05) is 0 Å². The third kappa shape index (κ3) is 2.28. The van der Waals surface area contributed by atoms with Crippen molar-refractivity contribution in [3.05, 3.63) is 11.3 Å². The monoisotopic (exact) mass is 128 g/mol. The van der Waals surface area contributed by atoms with Crippen molar-refractivity contribution in [2.75, 3.05) is 6.61 Å². The zero-order valence-corrected chi connectivity index (χ0v) is 5.73. The van der Waals surface area contributed by atoms with E-state index in [2.05, 4.69) is 0 Å². The molecule has 0 atom stereocenters. The number of aliphatic hydroxyl groups excluding tert-OH is 1. The molecule has 0 bridgehead atoms. The molecule has 0 rings (SSSR count). The number of nitrogens with two attached hydrogens (primary N) is 1. The van der Waals surface area contributed by atoms with Crippen LogP contribution in [-0.4, -0.2) is 17.4 Å². The second-order valence-electron chi connectivity index (χ2n) is 1.94. The lowest BCUT2D eigenvalue weighted by Gasteiger charge is -2.01. The molecule has 0 aromatic heterocycles. The predicted molar refractivity (Wildman–Crippen MR) is 37.4 cm³/mol. The Kier molecular flexibility index (Phi) is 2.95. The zero-order valence-electron chi connectivity index (χ0n) is 5.73. The molecular weight excluding hydrogens is 116 g/mol. The van der Waals surface area contributed by atoms with Crippen molar-refractivity contribution >= 4 is 5.71 Å². The topological polar surface area (TPSA) is 70.1 Å². The maximum Gasteiger partial charge on any atom is 0.0716 e. The fourth-order valence-corrected chi connectivity index (χ4v) is 0.539. The van der Waals surface area contributed by atoms with Crippen molar-refractivity contribution in [1.82, 2.24) is 0 Å². The summed E-state index contributed by atoms with van der Waals surface area (Å²) in [5.74, 6) is 0. The molecule has 0 aromatic carbocycles. The van der Waals surface area contributed by atoms with Crippen LogP contribution in [0.4, 0.5) is 0 Å². The molecule has 0 spiro atoms. The van der Waals surface area contributed by atoms with Crippen molar-refractivity contribution in [2.24, 2.45) is 5.73 Å². The first-order valence-corrected chi connectivity index (χ1v) is 2.71. The van der Waals surface area contributed by atoms with Gasteiger partial charge in [-0.05, 0) is 13.8 Å². The van der Waals surface area contributed by atoms with Gasteiger partial charge in [0, 0.05) is 17.0 Å². The SMILES string of the molecule is CC(=N)/C(CO)=C(/C)N. The van der Waals surface area contributed by atoms with Gasteiger partial charge in [0.05, 0.1) is 6.61 Å². The van der Waals surface area contributed by atoms with Crippen molar-refractivity contribution in [2.45, 2.75) is 13.8 Å². The summed E-state index contributed by atoms with van der Waals surface area (Å²) in [6.45, 7) is 3.13. The Morgan fingerprint density at radius 1 is 1.56 bits per heavy atom. The lowest BCUT2D eigenvalue weighted by molar-refractivity contribution is 0.335. The minimum absolute atomic E-state index is 0.141. The third-order valence-electron chi connectivity index (χ3n) is 1.09. The van der Waals surface area contributed by atoms with Gasteiger partial charge in [-0.3, -0.25) is 0 Å². The van der Waals surface area contributed by atoms with E-state index in [0.29, 0.717) is 17.0 Å². The molecule has 3 heteroatoms. The Labute approximate surface area is 54.7 Å². The van der Waals surface area contributed by atoms with E-state index in [1.54, 1.807) is 13.8 Å². The average Bonchev–Trinajstić information content (AvgIpc) is 1.64. The van der Waals surface area contributed by atoms with Crippen LogP contribution in [0.15, 0.2) is 11.3 Å². The van der Waals surface area contributed by atoms with E-state index >= 15 is 0 Å². The van der Waals surface area contributed by atoms with Gasteiger partial charge < -0.3 is 16.2 Å². The van der Waals surface area contributed by atoms with Gasteiger partial charge in [-0.15, -0.1) is 0 Å². The van der Waals surface area contributed by atoms with Crippen LogP contribution in [0.2, 0.25) is 0 Å². The second kappa shape index (κ2) is 3.25. The van der Waals surface area contributed by atoms with Crippen LogP contribution in [0.3, 0.4) is 0 Å². The molecule has 0 aliphatic rings. The van der Waals surface area contributed by atoms with Crippen molar-refractivity contribution in [1.29, 1.82) is 5.41 Å². The summed E-state index contributed by atoms with van der Waals surface area (Å²) in [5.41, 5.74) is 6.70. The number of hydrogen-bond donors (Lipinski definition) is 3. The first-order valence-electron chi connectivity index (χ1n) is 2.71. The number of aliphatic hydroxyl groups is 1. The van der Waals surface area contributed by atoms with Crippen LogP contribution in [0, 0.1) is 5.41 Å². The fraction of sp³-hybridized carbons (Fsp3) is 0.500. The summed E-state index contributed by atoms with van der Waals surface area (Å²) in [5, 5.41) is 15.7. The molecule has 0 aliphatic carbocycles. The van der Waals surface area contributed by atoms with E-state index < -0.39 is 0 Å². The van der Waals surface area contributed by atoms with E-state index in [1.165, 1.54) is 0 Å². The van der Waals surface area contributed by atoms with Gasteiger partial charge in [0.15, 0.2) is 0 Å². The van der Waals surface area contributed by atoms with Crippen molar-refractivity contribution < 1.29 is 5.11 Å². The largest absolute Gasteiger partial charge is 0.402 e. The quantitative estimate of drug-likeness (QED) is 0.466. The van der Waals surface area contributed by atoms with Crippen LogP contribution in [0.25, 0.3) is 0 Å². The van der Waals surface area contributed by atoms with Crippen LogP contribution in [0.1, 0.15) is 13.8 Å². The molecule has 4 N–H and O–H groups in total. The molecule has 0 radical (unpaired) electrons. The summed E-state index contributed by atoms with van der Waals surface area (Å²) >= 11 is 0. The highest BCUT2D eigenvalue weighted by Crippen LogP contribution is 1.97. The minimum atomic E-state index is -0.141. The van der Waals surface area contributed by atoms with Crippen LogP contribution < -0.4 is 5.73 Å². The zero-order chi connectivity index (χ0) is 7.44. The summed E-state index contributed by atoms with van der Waals surface area (Å²) in [7, 11) is 0. The van der Waals surface area contributed by atoms with Crippen molar-refractivity contribution in [3.63, 3.8) is 0 Å². The molecule has 3 nitrogen and oxygen atoms in total. The van der Waals surface area contributed by atoms with Gasteiger partial charge >= 0.3 is 0 Å². The van der Waals surface area contributed by atoms with Crippen LogP contribution in [0.5, 0.6) is 0 Å². The van der Waals surface area contributed by atoms with Crippen LogP contribution >= 0.6 is 0 Å². The predicted octanol–water partition coefficient (Wildman–Crippen LogP) is 0.251. The Bertz CT molecular complexity index is 145. The molecule has 0 heterocycles. The molecule has 0 saturated carbocycles. The molecule has 0 unspecified atom stereocenters. The molecule has 9 heavy (non-hydrogen) atoms. The molecule has 0 amide bonds. The molecule has 0 fully saturated rings. The Morgan fingerprint density at radius 3 is 2.00 bits per heavy atom. The van der Waals surface area contributed by atoms with E-state index in [-0.39, 0.29) is 6.61 Å². The highest BCUT2D eigenvalue weighted by molar-refractivity contribution is 5.96. The number of rotatable bonds is 2. The van der Waals surface area contributed by atoms with Gasteiger partial charge in [0.25, 0.3) is 0 Å². The van der Waals surface area contributed by atoms with E-state index in [1.807, 2.05) is 0 Å². The van der Waals surface area contributed by atoms with E-state index in [0.717, 1.165) is 0 Å². The van der Waals surface area contributed by atoms with E-state index in [4.69, 9.17) is 16.2 Å². The molecule has 52 valence electrons. The number of nitrogens with one attached hydrogen (secondary N) is 1. The highest BCUT2D eigenvalue weighted by atomic mass is 16.3. The van der Waals surface area contributed by atoms with Gasteiger partial charge in [0.1, 0.15) is 0 Å². The number of allylic oxidation sites excluding steroid dienone is 1. The Balaban J connectivity index is 4.35. The van der Waals surface area contributed by atoms with Crippen LogP contribution in [-0.2, 0) is 0 Å². The minimum Gasteiger partial charge on any atom is -0.402 e. The summed E-state index contributed by atoms with van der Waals surface area (Å²) in [6.07, 6.45) is 0. The number of hydrogen-bond acceptors (Lipinski definition) is 3. The maximum absolute atomic E-state index is 8.59. The molecule has 0 aromatic rings. The highest BCUT2D eigenvalue weighted by Gasteiger charge is 1.98. The van der Waals surface area contributed by atoms with E-state index in [9.17, 15) is 0 Å².